The predicted molar refractivity (Wildman–Crippen MR) is 88.2 cm³/mol. The molecule has 0 amide bonds. The zero-order chi connectivity index (χ0) is 19.7. The number of aromatic nitrogens is 4. The predicted octanol–water partition coefficient (Wildman–Crippen LogP) is 2.58. The third-order valence-corrected chi connectivity index (χ3v) is 4.72. The molecule has 27 heavy (non-hydrogen) atoms. The standard InChI is InChI=1S/C15H12F3N5O3S/c1-23-14(19-21-22-23)10-4-2-5-11(8-10)20-27(24,25)13-7-3-6-12(9-13)26-15(16,17)18/h2-9,20H,1H3. The van der Waals surface area contributed by atoms with Crippen LogP contribution in [0.3, 0.4) is 0 Å². The summed E-state index contributed by atoms with van der Waals surface area (Å²) >= 11 is 0. The van der Waals surface area contributed by atoms with Crippen LogP contribution in [0.15, 0.2) is 53.4 Å². The van der Waals surface area contributed by atoms with Crippen molar-refractivity contribution in [3.63, 3.8) is 0 Å². The maximum atomic E-state index is 12.5. The van der Waals surface area contributed by atoms with Gasteiger partial charge in [0.2, 0.25) is 0 Å². The van der Waals surface area contributed by atoms with E-state index >= 15 is 0 Å². The largest absolute Gasteiger partial charge is 0.573 e. The second-order valence-electron chi connectivity index (χ2n) is 5.34. The minimum absolute atomic E-state index is 0.192. The van der Waals surface area contributed by atoms with Gasteiger partial charge in [-0.1, -0.05) is 18.2 Å². The van der Waals surface area contributed by atoms with Crippen molar-refractivity contribution in [1.29, 1.82) is 0 Å². The highest BCUT2D eigenvalue weighted by molar-refractivity contribution is 7.92. The zero-order valence-electron chi connectivity index (χ0n) is 13.7. The Bertz CT molecular complexity index is 1070. The van der Waals surface area contributed by atoms with Gasteiger partial charge in [0.15, 0.2) is 5.82 Å². The van der Waals surface area contributed by atoms with Crippen LogP contribution in [-0.2, 0) is 17.1 Å². The summed E-state index contributed by atoms with van der Waals surface area (Å²) in [4.78, 5) is -0.380. The van der Waals surface area contributed by atoms with Gasteiger partial charge in [-0.05, 0) is 34.7 Å². The fourth-order valence-corrected chi connectivity index (χ4v) is 3.33. The molecule has 0 bridgehead atoms. The fraction of sp³-hybridized carbons (Fsp3) is 0.133. The number of rotatable bonds is 5. The van der Waals surface area contributed by atoms with Gasteiger partial charge in [0, 0.05) is 24.4 Å². The first-order valence-corrected chi connectivity index (χ1v) is 8.84. The summed E-state index contributed by atoms with van der Waals surface area (Å²) in [6.07, 6.45) is -4.92. The number of nitrogens with one attached hydrogen (secondary N) is 1. The molecule has 2 aromatic carbocycles. The SMILES string of the molecule is Cn1nnnc1-c1cccc(NS(=O)(=O)c2cccc(OC(F)(F)F)c2)c1. The van der Waals surface area contributed by atoms with Crippen LogP contribution in [0.4, 0.5) is 18.9 Å². The van der Waals surface area contributed by atoms with E-state index < -0.39 is 22.1 Å². The lowest BCUT2D eigenvalue weighted by Gasteiger charge is -2.12. The summed E-state index contributed by atoms with van der Waals surface area (Å²) in [6, 6.07) is 10.4. The van der Waals surface area contributed by atoms with E-state index in [0.717, 1.165) is 24.3 Å². The lowest BCUT2D eigenvalue weighted by atomic mass is 10.2. The number of hydrogen-bond acceptors (Lipinski definition) is 6. The Morgan fingerprint density at radius 1 is 1.11 bits per heavy atom. The molecule has 0 fully saturated rings. The number of anilines is 1. The quantitative estimate of drug-likeness (QED) is 0.708. The van der Waals surface area contributed by atoms with E-state index in [1.807, 2.05) is 0 Å². The molecule has 142 valence electrons. The smallest absolute Gasteiger partial charge is 0.406 e. The summed E-state index contributed by atoms with van der Waals surface area (Å²) in [7, 11) is -2.52. The van der Waals surface area contributed by atoms with E-state index in [1.165, 1.54) is 16.8 Å². The maximum Gasteiger partial charge on any atom is 0.573 e. The Kier molecular flexibility index (Phi) is 4.74. The first kappa shape index (κ1) is 18.6. The molecular weight excluding hydrogens is 387 g/mol. The van der Waals surface area contributed by atoms with Crippen LogP contribution in [0.25, 0.3) is 11.4 Å². The molecule has 0 saturated heterocycles. The average Bonchev–Trinajstić information content (AvgIpc) is 2.99. The van der Waals surface area contributed by atoms with E-state index in [1.54, 1.807) is 19.2 Å². The zero-order valence-corrected chi connectivity index (χ0v) is 14.5. The van der Waals surface area contributed by atoms with E-state index in [4.69, 9.17) is 0 Å². The lowest BCUT2D eigenvalue weighted by Crippen LogP contribution is -2.18. The summed E-state index contributed by atoms with van der Waals surface area (Å²) in [5.41, 5.74) is 0.745. The molecule has 1 aromatic heterocycles. The van der Waals surface area contributed by atoms with Crippen molar-refractivity contribution in [2.75, 3.05) is 4.72 Å². The van der Waals surface area contributed by atoms with Gasteiger partial charge >= 0.3 is 6.36 Å². The van der Waals surface area contributed by atoms with Gasteiger partial charge in [-0.25, -0.2) is 13.1 Å². The number of halogens is 3. The normalized spacial score (nSPS) is 12.0. The molecule has 3 rings (SSSR count). The van der Waals surface area contributed by atoms with Crippen molar-refractivity contribution in [2.24, 2.45) is 7.05 Å². The molecule has 0 radical (unpaired) electrons. The molecule has 1 N–H and O–H groups in total. The molecule has 0 atom stereocenters. The van der Waals surface area contributed by atoms with E-state index in [9.17, 15) is 21.6 Å². The number of alkyl halides is 3. The number of nitrogens with zero attached hydrogens (tertiary/aromatic N) is 4. The molecule has 0 aliphatic rings. The highest BCUT2D eigenvalue weighted by Gasteiger charge is 2.31. The highest BCUT2D eigenvalue weighted by Crippen LogP contribution is 2.27. The van der Waals surface area contributed by atoms with Gasteiger partial charge < -0.3 is 4.74 Å². The number of hydrogen-bond donors (Lipinski definition) is 1. The Balaban J connectivity index is 1.87. The molecule has 0 spiro atoms. The summed E-state index contributed by atoms with van der Waals surface area (Å²) in [5.74, 6) is -0.221. The lowest BCUT2D eigenvalue weighted by molar-refractivity contribution is -0.274. The molecule has 0 unspecified atom stereocenters. The first-order chi connectivity index (χ1) is 12.6. The monoisotopic (exact) mass is 399 g/mol. The number of aryl methyl sites for hydroxylation is 1. The topological polar surface area (TPSA) is 99.0 Å². The van der Waals surface area contributed by atoms with Crippen molar-refractivity contribution in [3.8, 4) is 17.1 Å². The molecule has 12 heteroatoms. The number of benzene rings is 2. The average molecular weight is 399 g/mol. The molecule has 1 heterocycles. The van der Waals surface area contributed by atoms with Crippen molar-refractivity contribution in [1.82, 2.24) is 20.2 Å². The summed E-state index contributed by atoms with van der Waals surface area (Å²) < 4.78 is 69.4. The van der Waals surface area contributed by atoms with E-state index in [-0.39, 0.29) is 10.6 Å². The third kappa shape index (κ3) is 4.53. The summed E-state index contributed by atoms with van der Waals surface area (Å²) in [5, 5.41) is 11.0. The van der Waals surface area contributed by atoms with E-state index in [2.05, 4.69) is 25.0 Å². The van der Waals surface area contributed by atoms with Gasteiger partial charge in [0.1, 0.15) is 5.75 Å². The van der Waals surface area contributed by atoms with Crippen LogP contribution in [-0.4, -0.2) is 35.0 Å². The Morgan fingerprint density at radius 3 is 2.52 bits per heavy atom. The molecular formula is C15H12F3N5O3S. The molecule has 8 nitrogen and oxygen atoms in total. The molecule has 0 saturated carbocycles. The van der Waals surface area contributed by atoms with Gasteiger partial charge in [-0.3, -0.25) is 4.72 Å². The first-order valence-electron chi connectivity index (χ1n) is 7.35. The van der Waals surface area contributed by atoms with Gasteiger partial charge in [0.05, 0.1) is 4.90 Å². The third-order valence-electron chi connectivity index (χ3n) is 3.34. The molecule has 3 aromatic rings. The minimum atomic E-state index is -4.92. The van der Waals surface area contributed by atoms with Crippen molar-refractivity contribution >= 4 is 15.7 Å². The second kappa shape index (κ2) is 6.87. The van der Waals surface area contributed by atoms with Crippen LogP contribution in [0.2, 0.25) is 0 Å². The van der Waals surface area contributed by atoms with Gasteiger partial charge in [0.25, 0.3) is 10.0 Å². The Labute approximate surface area is 151 Å². The van der Waals surface area contributed by atoms with Crippen LogP contribution < -0.4 is 9.46 Å². The van der Waals surface area contributed by atoms with Crippen molar-refractivity contribution in [3.05, 3.63) is 48.5 Å². The highest BCUT2D eigenvalue weighted by atomic mass is 32.2. The minimum Gasteiger partial charge on any atom is -0.406 e. The Hall–Kier alpha value is -3.15. The van der Waals surface area contributed by atoms with E-state index in [0.29, 0.717) is 11.4 Å². The number of sulfonamides is 1. The van der Waals surface area contributed by atoms with Gasteiger partial charge in [-0.15, -0.1) is 18.3 Å². The van der Waals surface area contributed by atoms with Crippen molar-refractivity contribution < 1.29 is 26.3 Å². The maximum absolute atomic E-state index is 12.5. The second-order valence-corrected chi connectivity index (χ2v) is 7.02. The van der Waals surface area contributed by atoms with Crippen LogP contribution >= 0.6 is 0 Å². The number of ether oxygens (including phenoxy) is 1. The van der Waals surface area contributed by atoms with Gasteiger partial charge in [-0.2, -0.15) is 0 Å². The van der Waals surface area contributed by atoms with Crippen LogP contribution in [0, 0.1) is 0 Å². The van der Waals surface area contributed by atoms with Crippen LogP contribution in [0.5, 0.6) is 5.75 Å². The Morgan fingerprint density at radius 2 is 1.85 bits per heavy atom. The number of tetrazole rings is 1. The fourth-order valence-electron chi connectivity index (χ4n) is 2.25. The molecule has 0 aliphatic carbocycles. The summed E-state index contributed by atoms with van der Waals surface area (Å²) in [6.45, 7) is 0. The van der Waals surface area contributed by atoms with Crippen LogP contribution in [0.1, 0.15) is 0 Å². The van der Waals surface area contributed by atoms with Crippen molar-refractivity contribution in [2.45, 2.75) is 11.3 Å². The molecule has 0 aliphatic heterocycles.